The van der Waals surface area contributed by atoms with Gasteiger partial charge in [0.1, 0.15) is 5.78 Å². The number of amides is 2. The molecule has 4 saturated carbocycles. The van der Waals surface area contributed by atoms with Crippen molar-refractivity contribution < 1.29 is 24.0 Å². The Bertz CT molecular complexity index is 1330. The molecule has 0 aromatic rings. The highest BCUT2D eigenvalue weighted by atomic mass is 16.2. The number of nitrogens with one attached hydrogen (secondary N) is 1. The molecule has 6 rings (SSSR count). The van der Waals surface area contributed by atoms with Gasteiger partial charge >= 0.3 is 0 Å². The molecule has 4 aliphatic carbocycles. The summed E-state index contributed by atoms with van der Waals surface area (Å²) in [5.41, 5.74) is 5.01. The fourth-order valence-corrected chi connectivity index (χ4v) is 11.9. The normalized spacial score (nSPS) is 29.6. The van der Waals surface area contributed by atoms with Gasteiger partial charge in [0.15, 0.2) is 5.78 Å². The van der Waals surface area contributed by atoms with E-state index in [9.17, 15) is 19.2 Å². The summed E-state index contributed by atoms with van der Waals surface area (Å²) in [6.07, 6.45) is 14.4. The molecule has 286 valence electrons. The highest BCUT2D eigenvalue weighted by Gasteiger charge is 2.85. The number of Topliss-reactive ketones (excluding diaryl/α,β-unsaturated/α-hetero) is 3. The minimum atomic E-state index is -0.977. The molecule has 0 aromatic carbocycles. The highest BCUT2D eigenvalue weighted by Crippen LogP contribution is 2.88. The Morgan fingerprint density at radius 3 is 2.04 bits per heavy atom. The Hall–Kier alpha value is -2.13. The summed E-state index contributed by atoms with van der Waals surface area (Å²) < 4.78 is 0. The SMILES string of the molecule is CC(C)(C)[C@H](CC(=O)C[C@H](CN1CCNCC1)C1CCCCC1)C(=O)N1C[C@]2(C[C@H]1C(=O)CC(CC1CCC1)C(=O)C(N)=O)C(C)(C)C21CCC1. The van der Waals surface area contributed by atoms with Crippen molar-refractivity contribution in [3.63, 3.8) is 0 Å². The number of carbonyl (C=O) groups is 5. The molecule has 9 heteroatoms. The quantitative estimate of drug-likeness (QED) is 0.208. The second kappa shape index (κ2) is 14.9. The number of primary amides is 1. The fourth-order valence-electron chi connectivity index (χ4n) is 11.9. The van der Waals surface area contributed by atoms with Gasteiger partial charge in [-0.05, 0) is 59.7 Å². The lowest BCUT2D eigenvalue weighted by Gasteiger charge is -2.37. The first kappa shape index (κ1) is 38.6. The number of carbonyl (C=O) groups excluding carboxylic acids is 5. The lowest BCUT2D eigenvalue weighted by Crippen LogP contribution is -2.48. The Kier molecular flexibility index (Phi) is 11.3. The van der Waals surface area contributed by atoms with Crippen LogP contribution < -0.4 is 11.1 Å². The fraction of sp³-hybridized carbons (Fsp3) is 0.881. The van der Waals surface area contributed by atoms with Crippen molar-refractivity contribution in [3.8, 4) is 0 Å². The van der Waals surface area contributed by atoms with E-state index in [-0.39, 0.29) is 46.6 Å². The molecule has 1 unspecified atom stereocenters. The smallest absolute Gasteiger partial charge is 0.285 e. The minimum absolute atomic E-state index is 0.00439. The predicted molar refractivity (Wildman–Crippen MR) is 198 cm³/mol. The molecule has 0 bridgehead atoms. The molecule has 6 fully saturated rings. The van der Waals surface area contributed by atoms with Crippen LogP contribution in [0.1, 0.15) is 137 Å². The standard InChI is InChI=1S/C42H68N4O5/c1-39(2,3)33(24-32(47)22-31(29-13-7-6-8-14-29)26-45-19-17-44-18-20-45)38(51)46-27-42(40(4,5)41(42)15-10-16-41)25-34(46)35(48)23-30(36(49)37(43)50)21-28-11-9-12-28/h28-31,33-34,44H,6-27H2,1-5H3,(H2,43,50)/t30?,31-,33-,34+,42-/m1/s1. The van der Waals surface area contributed by atoms with E-state index in [2.05, 4.69) is 44.8 Å². The average Bonchev–Trinajstić information content (AvgIpc) is 3.26. The highest BCUT2D eigenvalue weighted by molar-refractivity contribution is 6.36. The summed E-state index contributed by atoms with van der Waals surface area (Å²) in [6.45, 7) is 16.3. The van der Waals surface area contributed by atoms with Gasteiger partial charge in [-0.15, -0.1) is 0 Å². The number of ketones is 3. The van der Waals surface area contributed by atoms with Crippen molar-refractivity contribution in [3.05, 3.63) is 0 Å². The summed E-state index contributed by atoms with van der Waals surface area (Å²) in [4.78, 5) is 73.2. The molecule has 3 N–H and O–H groups in total. The van der Waals surface area contributed by atoms with Gasteiger partial charge < -0.3 is 20.9 Å². The van der Waals surface area contributed by atoms with Crippen molar-refractivity contribution in [1.82, 2.24) is 15.1 Å². The lowest BCUT2D eigenvalue weighted by molar-refractivity contribution is -0.147. The number of hydrogen-bond donors (Lipinski definition) is 2. The van der Waals surface area contributed by atoms with E-state index in [4.69, 9.17) is 5.73 Å². The van der Waals surface area contributed by atoms with Crippen LogP contribution in [0.25, 0.3) is 0 Å². The second-order valence-electron chi connectivity index (χ2n) is 19.5. The number of fused-ring (bicyclic) bond motifs is 1. The molecular weight excluding hydrogens is 640 g/mol. The van der Waals surface area contributed by atoms with Gasteiger partial charge in [-0.2, -0.15) is 0 Å². The number of piperazine rings is 1. The zero-order valence-electron chi connectivity index (χ0n) is 32.5. The van der Waals surface area contributed by atoms with Crippen molar-refractivity contribution in [1.29, 1.82) is 0 Å². The van der Waals surface area contributed by atoms with Crippen LogP contribution in [0.5, 0.6) is 0 Å². The van der Waals surface area contributed by atoms with Crippen molar-refractivity contribution in [2.75, 3.05) is 39.3 Å². The topological polar surface area (TPSA) is 130 Å². The van der Waals surface area contributed by atoms with E-state index in [0.29, 0.717) is 43.6 Å². The van der Waals surface area contributed by atoms with Gasteiger partial charge in [-0.3, -0.25) is 24.0 Å². The monoisotopic (exact) mass is 709 g/mol. The van der Waals surface area contributed by atoms with E-state index in [1.807, 2.05) is 4.90 Å². The van der Waals surface area contributed by atoms with Gasteiger partial charge in [0.05, 0.1) is 6.04 Å². The van der Waals surface area contributed by atoms with Gasteiger partial charge in [0.25, 0.3) is 5.91 Å². The van der Waals surface area contributed by atoms with Gasteiger partial charge in [-0.25, -0.2) is 0 Å². The first-order chi connectivity index (χ1) is 24.1. The molecule has 5 atom stereocenters. The van der Waals surface area contributed by atoms with Crippen LogP contribution in [0, 0.1) is 51.2 Å². The van der Waals surface area contributed by atoms with E-state index < -0.39 is 35.0 Å². The molecule has 0 radical (unpaired) electrons. The van der Waals surface area contributed by atoms with Gasteiger partial charge in [0, 0.05) is 75.8 Å². The molecule has 0 aromatic heterocycles. The maximum atomic E-state index is 15.0. The Labute approximate surface area is 307 Å². The predicted octanol–water partition coefficient (Wildman–Crippen LogP) is 5.72. The second-order valence-corrected chi connectivity index (χ2v) is 19.5. The lowest BCUT2D eigenvalue weighted by atomic mass is 9.73. The maximum Gasteiger partial charge on any atom is 0.285 e. The average molecular weight is 709 g/mol. The number of nitrogens with two attached hydrogens (primary N) is 1. The van der Waals surface area contributed by atoms with Crippen LogP contribution in [0.15, 0.2) is 0 Å². The Morgan fingerprint density at radius 1 is 0.843 bits per heavy atom. The largest absolute Gasteiger partial charge is 0.363 e. The van der Waals surface area contributed by atoms with Gasteiger partial charge in [0.2, 0.25) is 11.7 Å². The zero-order valence-corrected chi connectivity index (χ0v) is 32.5. The summed E-state index contributed by atoms with van der Waals surface area (Å²) >= 11 is 0. The van der Waals surface area contributed by atoms with Crippen LogP contribution in [-0.4, -0.2) is 84.3 Å². The van der Waals surface area contributed by atoms with Crippen LogP contribution in [-0.2, 0) is 24.0 Å². The molecule has 2 heterocycles. The summed E-state index contributed by atoms with van der Waals surface area (Å²) in [5, 5.41) is 3.45. The van der Waals surface area contributed by atoms with Gasteiger partial charge in [-0.1, -0.05) is 92.4 Å². The third-order valence-corrected chi connectivity index (χ3v) is 15.7. The van der Waals surface area contributed by atoms with E-state index in [1.54, 1.807) is 0 Å². The number of rotatable bonds is 15. The molecule has 2 aliphatic heterocycles. The van der Waals surface area contributed by atoms with E-state index in [0.717, 1.165) is 64.8 Å². The molecular formula is C42H68N4O5. The number of likely N-dealkylation sites (tertiary alicyclic amines) is 1. The van der Waals surface area contributed by atoms with Crippen LogP contribution in [0.2, 0.25) is 0 Å². The number of hydrogen-bond acceptors (Lipinski definition) is 7. The number of nitrogens with zero attached hydrogens (tertiary/aromatic N) is 2. The molecule has 9 nitrogen and oxygen atoms in total. The zero-order chi connectivity index (χ0) is 36.8. The van der Waals surface area contributed by atoms with Crippen molar-refractivity contribution in [2.45, 2.75) is 143 Å². The van der Waals surface area contributed by atoms with Crippen LogP contribution in [0.3, 0.4) is 0 Å². The first-order valence-corrected chi connectivity index (χ1v) is 20.7. The molecule has 2 amide bonds. The molecule has 51 heavy (non-hydrogen) atoms. The Balaban J connectivity index is 1.22. The first-order valence-electron chi connectivity index (χ1n) is 20.7. The van der Waals surface area contributed by atoms with Crippen molar-refractivity contribution in [2.24, 2.45) is 57.0 Å². The van der Waals surface area contributed by atoms with Crippen LogP contribution >= 0.6 is 0 Å². The molecule has 6 aliphatic rings. The summed E-state index contributed by atoms with van der Waals surface area (Å²) in [5.74, 6) is -1.76. The molecule has 2 spiro atoms. The van der Waals surface area contributed by atoms with Crippen molar-refractivity contribution >= 4 is 29.2 Å². The van der Waals surface area contributed by atoms with Crippen LogP contribution in [0.4, 0.5) is 0 Å². The third-order valence-electron chi connectivity index (χ3n) is 15.7. The van der Waals surface area contributed by atoms with E-state index >= 15 is 4.79 Å². The van der Waals surface area contributed by atoms with E-state index in [1.165, 1.54) is 38.5 Å². The summed E-state index contributed by atoms with van der Waals surface area (Å²) in [7, 11) is 0. The maximum absolute atomic E-state index is 15.0. The molecule has 2 saturated heterocycles. The Morgan fingerprint density at radius 2 is 1.51 bits per heavy atom. The summed E-state index contributed by atoms with van der Waals surface area (Å²) in [6, 6.07) is -0.649. The minimum Gasteiger partial charge on any atom is -0.363 e. The third kappa shape index (κ3) is 7.37.